The van der Waals surface area contributed by atoms with Crippen molar-refractivity contribution in [3.63, 3.8) is 0 Å². The van der Waals surface area contributed by atoms with E-state index in [0.717, 1.165) is 0 Å². The number of carbonyl (C=O) groups is 2. The highest BCUT2D eigenvalue weighted by Crippen LogP contribution is 2.26. The normalized spacial score (nSPS) is 11.6. The number of carboxylic acid groups (broad SMARTS) is 1. The highest BCUT2D eigenvalue weighted by atomic mass is 16.5. The molecule has 0 saturated carbocycles. The predicted octanol–water partition coefficient (Wildman–Crippen LogP) is 2.03. The number of amides is 1. The van der Waals surface area contributed by atoms with Crippen LogP contribution in [0.4, 0.5) is 0 Å². The van der Waals surface area contributed by atoms with E-state index in [4.69, 9.17) is 14.6 Å². The maximum Gasteiger partial charge on any atom is 0.305 e. The Morgan fingerprint density at radius 1 is 1.29 bits per heavy atom. The fourth-order valence-electron chi connectivity index (χ4n) is 2.15. The number of carbonyl (C=O) groups excluding carboxylic acids is 1. The summed E-state index contributed by atoms with van der Waals surface area (Å²) >= 11 is 0. The maximum atomic E-state index is 12.6. The number of aliphatic carboxylic acids is 1. The first-order valence-corrected chi connectivity index (χ1v) is 6.69. The zero-order valence-corrected chi connectivity index (χ0v) is 12.8. The largest absolute Gasteiger partial charge is 0.497 e. The van der Waals surface area contributed by atoms with E-state index in [2.05, 4.69) is 0 Å². The van der Waals surface area contributed by atoms with Gasteiger partial charge in [0.25, 0.3) is 5.91 Å². The first-order chi connectivity index (χ1) is 9.94. The van der Waals surface area contributed by atoms with E-state index in [-0.39, 0.29) is 12.3 Å². The fourth-order valence-corrected chi connectivity index (χ4v) is 2.15. The molecule has 1 N–H and O–H groups in total. The number of hydrogen-bond acceptors (Lipinski definition) is 4. The number of methoxy groups -OCH3 is 2. The van der Waals surface area contributed by atoms with Gasteiger partial charge in [0.1, 0.15) is 11.5 Å². The zero-order chi connectivity index (χ0) is 16.0. The minimum absolute atomic E-state index is 0.0992. The molecule has 0 heterocycles. The first-order valence-electron chi connectivity index (χ1n) is 6.69. The number of rotatable bonds is 7. The Balaban J connectivity index is 3.07. The quantitative estimate of drug-likeness (QED) is 0.833. The van der Waals surface area contributed by atoms with E-state index in [1.165, 1.54) is 19.1 Å². The molecule has 0 fully saturated rings. The Hall–Kier alpha value is -2.24. The number of nitrogens with zero attached hydrogens (tertiary/aromatic N) is 1. The summed E-state index contributed by atoms with van der Waals surface area (Å²) in [6, 6.07) is 4.52. The molecule has 116 valence electrons. The molecule has 0 saturated heterocycles. The van der Waals surface area contributed by atoms with Crippen LogP contribution in [0.15, 0.2) is 18.2 Å². The van der Waals surface area contributed by atoms with Crippen molar-refractivity contribution in [3.8, 4) is 11.5 Å². The molecule has 0 aliphatic carbocycles. The number of hydrogen-bond donors (Lipinski definition) is 1. The zero-order valence-electron chi connectivity index (χ0n) is 12.8. The third-order valence-electron chi connectivity index (χ3n) is 3.24. The van der Waals surface area contributed by atoms with E-state index in [0.29, 0.717) is 23.6 Å². The molecule has 1 unspecified atom stereocenters. The number of carboxylic acids is 1. The monoisotopic (exact) mass is 295 g/mol. The Labute approximate surface area is 124 Å². The van der Waals surface area contributed by atoms with Gasteiger partial charge in [-0.05, 0) is 26.0 Å². The van der Waals surface area contributed by atoms with E-state index in [1.807, 2.05) is 6.92 Å². The van der Waals surface area contributed by atoms with Crippen molar-refractivity contribution in [1.29, 1.82) is 0 Å². The molecular formula is C15H21NO5. The maximum absolute atomic E-state index is 12.6. The summed E-state index contributed by atoms with van der Waals surface area (Å²) in [5.41, 5.74) is 0.386. The smallest absolute Gasteiger partial charge is 0.305 e. The molecular weight excluding hydrogens is 274 g/mol. The Bertz CT molecular complexity index is 515. The molecule has 0 spiro atoms. The molecule has 0 aromatic heterocycles. The summed E-state index contributed by atoms with van der Waals surface area (Å²) in [6.45, 7) is 3.94. The van der Waals surface area contributed by atoms with Crippen molar-refractivity contribution in [3.05, 3.63) is 23.8 Å². The van der Waals surface area contributed by atoms with Gasteiger partial charge in [0.15, 0.2) is 0 Å². The lowest BCUT2D eigenvalue weighted by atomic mass is 10.1. The predicted molar refractivity (Wildman–Crippen MR) is 78.0 cm³/mol. The number of ether oxygens (including phenoxy) is 2. The van der Waals surface area contributed by atoms with Gasteiger partial charge in [-0.3, -0.25) is 9.59 Å². The lowest BCUT2D eigenvalue weighted by molar-refractivity contribution is -0.138. The van der Waals surface area contributed by atoms with Crippen LogP contribution < -0.4 is 9.47 Å². The molecule has 1 aromatic carbocycles. The van der Waals surface area contributed by atoms with Gasteiger partial charge in [-0.25, -0.2) is 0 Å². The minimum atomic E-state index is -0.935. The Morgan fingerprint density at radius 3 is 2.43 bits per heavy atom. The van der Waals surface area contributed by atoms with Crippen molar-refractivity contribution in [2.75, 3.05) is 20.8 Å². The van der Waals surface area contributed by atoms with Crippen LogP contribution >= 0.6 is 0 Å². The van der Waals surface area contributed by atoms with Gasteiger partial charge >= 0.3 is 5.97 Å². The lowest BCUT2D eigenvalue weighted by Gasteiger charge is -2.27. The summed E-state index contributed by atoms with van der Waals surface area (Å²) in [5.74, 6) is -0.202. The standard InChI is InChI=1S/C15H21NO5/c1-5-16(10(2)8-14(17)18)15(19)12-7-6-11(20-3)9-13(12)21-4/h6-7,9-10H,5,8H2,1-4H3,(H,17,18). The van der Waals surface area contributed by atoms with Crippen LogP contribution in [-0.2, 0) is 4.79 Å². The highest BCUT2D eigenvalue weighted by molar-refractivity contribution is 5.97. The van der Waals surface area contributed by atoms with Gasteiger partial charge < -0.3 is 19.5 Å². The lowest BCUT2D eigenvalue weighted by Crippen LogP contribution is -2.39. The topological polar surface area (TPSA) is 76.1 Å². The molecule has 1 aromatic rings. The second-order valence-corrected chi connectivity index (χ2v) is 4.60. The second-order valence-electron chi connectivity index (χ2n) is 4.60. The first kappa shape index (κ1) is 16.8. The van der Waals surface area contributed by atoms with Crippen molar-refractivity contribution in [2.45, 2.75) is 26.3 Å². The van der Waals surface area contributed by atoms with E-state index < -0.39 is 12.0 Å². The fraction of sp³-hybridized carbons (Fsp3) is 0.467. The molecule has 21 heavy (non-hydrogen) atoms. The molecule has 0 radical (unpaired) electrons. The molecule has 0 aliphatic heterocycles. The van der Waals surface area contributed by atoms with Crippen LogP contribution in [-0.4, -0.2) is 48.7 Å². The molecule has 1 rings (SSSR count). The summed E-state index contributed by atoms with van der Waals surface area (Å²) in [5, 5.41) is 8.87. The molecule has 0 bridgehead atoms. The SMILES string of the molecule is CCN(C(=O)c1ccc(OC)cc1OC)C(C)CC(=O)O. The van der Waals surface area contributed by atoms with Crippen LogP contribution in [0, 0.1) is 0 Å². The van der Waals surface area contributed by atoms with Gasteiger partial charge in [0, 0.05) is 18.7 Å². The third-order valence-corrected chi connectivity index (χ3v) is 3.24. The second kappa shape index (κ2) is 7.52. The Kier molecular flexibility index (Phi) is 6.02. The molecule has 6 heteroatoms. The molecule has 6 nitrogen and oxygen atoms in total. The average molecular weight is 295 g/mol. The van der Waals surface area contributed by atoms with Gasteiger partial charge in [0.05, 0.1) is 26.2 Å². The molecule has 1 amide bonds. The van der Waals surface area contributed by atoms with Gasteiger partial charge in [0.2, 0.25) is 0 Å². The molecule has 1 atom stereocenters. The highest BCUT2D eigenvalue weighted by Gasteiger charge is 2.24. The summed E-state index contributed by atoms with van der Waals surface area (Å²) in [7, 11) is 3.01. The van der Waals surface area contributed by atoms with Crippen LogP contribution in [0.25, 0.3) is 0 Å². The average Bonchev–Trinajstić information content (AvgIpc) is 2.46. The minimum Gasteiger partial charge on any atom is -0.497 e. The summed E-state index contributed by atoms with van der Waals surface area (Å²) in [4.78, 5) is 24.9. The van der Waals surface area contributed by atoms with Crippen molar-refractivity contribution < 1.29 is 24.2 Å². The van der Waals surface area contributed by atoms with Crippen LogP contribution in [0.1, 0.15) is 30.6 Å². The van der Waals surface area contributed by atoms with Crippen LogP contribution in [0.2, 0.25) is 0 Å². The van der Waals surface area contributed by atoms with E-state index >= 15 is 0 Å². The van der Waals surface area contributed by atoms with Gasteiger partial charge in [-0.1, -0.05) is 0 Å². The third kappa shape index (κ3) is 4.11. The number of benzene rings is 1. The van der Waals surface area contributed by atoms with E-state index in [9.17, 15) is 9.59 Å². The Morgan fingerprint density at radius 2 is 1.95 bits per heavy atom. The van der Waals surface area contributed by atoms with Crippen molar-refractivity contribution in [1.82, 2.24) is 4.90 Å². The summed E-state index contributed by atoms with van der Waals surface area (Å²) < 4.78 is 10.3. The van der Waals surface area contributed by atoms with E-state index in [1.54, 1.807) is 25.1 Å². The van der Waals surface area contributed by atoms with Crippen LogP contribution in [0.3, 0.4) is 0 Å². The van der Waals surface area contributed by atoms with Crippen molar-refractivity contribution >= 4 is 11.9 Å². The van der Waals surface area contributed by atoms with Gasteiger partial charge in [-0.2, -0.15) is 0 Å². The van der Waals surface area contributed by atoms with Crippen molar-refractivity contribution in [2.24, 2.45) is 0 Å². The van der Waals surface area contributed by atoms with Crippen LogP contribution in [0.5, 0.6) is 11.5 Å². The summed E-state index contributed by atoms with van der Waals surface area (Å²) in [6.07, 6.45) is -0.0992. The van der Waals surface area contributed by atoms with Gasteiger partial charge in [-0.15, -0.1) is 0 Å². The molecule has 0 aliphatic rings.